The van der Waals surface area contributed by atoms with Gasteiger partial charge in [0, 0.05) is 6.54 Å². The molecule has 6 heteroatoms. The van der Waals surface area contributed by atoms with E-state index in [1.54, 1.807) is 12.1 Å². The molecule has 0 bridgehead atoms. The van der Waals surface area contributed by atoms with Crippen molar-refractivity contribution in [3.8, 4) is 0 Å². The number of primary sulfonamides is 1. The first-order valence-electron chi connectivity index (χ1n) is 5.88. The van der Waals surface area contributed by atoms with E-state index in [4.69, 9.17) is 10.9 Å². The minimum Gasteiger partial charge on any atom is -0.396 e. The molecule has 1 atom stereocenters. The van der Waals surface area contributed by atoms with Crippen LogP contribution in [0.25, 0.3) is 0 Å². The monoisotopic (exact) mass is 271 g/mol. The van der Waals surface area contributed by atoms with E-state index in [1.165, 1.54) is 6.07 Å². The van der Waals surface area contributed by atoms with Gasteiger partial charge in [-0.2, -0.15) is 0 Å². The number of anilines is 2. The van der Waals surface area contributed by atoms with Crippen molar-refractivity contribution >= 4 is 21.4 Å². The minimum absolute atomic E-state index is 0.0373. The normalized spacial score (nSPS) is 13.6. The third-order valence-electron chi connectivity index (χ3n) is 3.13. The number of benzene rings is 1. The maximum absolute atomic E-state index is 11.3. The first-order valence-corrected chi connectivity index (χ1v) is 7.43. The van der Waals surface area contributed by atoms with Gasteiger partial charge in [0.15, 0.2) is 0 Å². The molecule has 0 saturated carbocycles. The van der Waals surface area contributed by atoms with Crippen LogP contribution in [0.2, 0.25) is 0 Å². The molecule has 1 rings (SSSR count). The lowest BCUT2D eigenvalue weighted by molar-refractivity contribution is 0.440. The molecule has 1 aromatic carbocycles. The molecule has 0 aromatic heterocycles. The summed E-state index contributed by atoms with van der Waals surface area (Å²) in [7, 11) is -3.78. The summed E-state index contributed by atoms with van der Waals surface area (Å²) in [6, 6.07) is 4.78. The molecule has 0 radical (unpaired) electrons. The Morgan fingerprint density at radius 3 is 2.39 bits per heavy atom. The number of rotatable bonds is 5. The van der Waals surface area contributed by atoms with Crippen LogP contribution in [0.4, 0.5) is 11.4 Å². The van der Waals surface area contributed by atoms with Crippen LogP contribution < -0.4 is 16.2 Å². The van der Waals surface area contributed by atoms with Gasteiger partial charge in [-0.25, -0.2) is 13.6 Å². The second-order valence-electron chi connectivity index (χ2n) is 4.86. The van der Waals surface area contributed by atoms with E-state index in [0.29, 0.717) is 17.5 Å². The van der Waals surface area contributed by atoms with Crippen LogP contribution >= 0.6 is 0 Å². The summed E-state index contributed by atoms with van der Waals surface area (Å²) in [6.45, 7) is 7.13. The minimum atomic E-state index is -3.78. The number of hydrogen-bond donors (Lipinski definition) is 3. The largest absolute Gasteiger partial charge is 0.396 e. The summed E-state index contributed by atoms with van der Waals surface area (Å²) in [4.78, 5) is -0.0373. The van der Waals surface area contributed by atoms with Crippen LogP contribution in [-0.4, -0.2) is 15.0 Å². The van der Waals surface area contributed by atoms with E-state index in [0.717, 1.165) is 6.54 Å². The van der Waals surface area contributed by atoms with Crippen molar-refractivity contribution in [2.45, 2.75) is 25.7 Å². The van der Waals surface area contributed by atoms with Crippen molar-refractivity contribution in [1.82, 2.24) is 0 Å². The Bertz CT molecular complexity index is 512. The van der Waals surface area contributed by atoms with Gasteiger partial charge in [-0.1, -0.05) is 26.8 Å². The molecule has 1 aromatic rings. The summed E-state index contributed by atoms with van der Waals surface area (Å²) >= 11 is 0. The van der Waals surface area contributed by atoms with Gasteiger partial charge in [-0.15, -0.1) is 0 Å². The number of para-hydroxylation sites is 1. The molecule has 0 aliphatic carbocycles. The zero-order valence-corrected chi connectivity index (χ0v) is 11.8. The molecule has 0 aliphatic rings. The number of nitrogens with two attached hydrogens (primary N) is 2. The maximum atomic E-state index is 11.3. The molecule has 5 nitrogen and oxygen atoms in total. The van der Waals surface area contributed by atoms with Gasteiger partial charge in [0.2, 0.25) is 10.0 Å². The zero-order chi connectivity index (χ0) is 13.9. The number of nitrogen functional groups attached to an aromatic ring is 1. The Morgan fingerprint density at radius 1 is 1.28 bits per heavy atom. The Morgan fingerprint density at radius 2 is 1.89 bits per heavy atom. The highest BCUT2D eigenvalue weighted by Crippen LogP contribution is 2.26. The van der Waals surface area contributed by atoms with E-state index >= 15 is 0 Å². The van der Waals surface area contributed by atoms with Crippen molar-refractivity contribution < 1.29 is 8.42 Å². The van der Waals surface area contributed by atoms with Crippen molar-refractivity contribution in [1.29, 1.82) is 0 Å². The number of sulfonamides is 1. The summed E-state index contributed by atoms with van der Waals surface area (Å²) < 4.78 is 22.6. The predicted octanol–water partition coefficient (Wildman–Crippen LogP) is 1.62. The van der Waals surface area contributed by atoms with E-state index in [1.807, 2.05) is 0 Å². The highest BCUT2D eigenvalue weighted by atomic mass is 32.2. The molecular weight excluding hydrogens is 250 g/mol. The Kier molecular flexibility index (Phi) is 4.59. The molecular formula is C12H21N3O2S. The highest BCUT2D eigenvalue weighted by Gasteiger charge is 2.15. The standard InChI is InChI=1S/C12H21N3O2S/c1-8(2)9(3)7-15-10-5-4-6-11(12(10)13)18(14,16)17/h4-6,8-9,15H,7,13H2,1-3H3,(H2,14,16,17). The van der Waals surface area contributed by atoms with E-state index < -0.39 is 10.0 Å². The van der Waals surface area contributed by atoms with Gasteiger partial charge < -0.3 is 11.1 Å². The molecule has 18 heavy (non-hydrogen) atoms. The lowest BCUT2D eigenvalue weighted by Crippen LogP contribution is -2.19. The first-order chi connectivity index (χ1) is 8.23. The summed E-state index contributed by atoms with van der Waals surface area (Å²) in [5.74, 6) is 1.00. The fourth-order valence-corrected chi connectivity index (χ4v) is 2.14. The molecule has 0 amide bonds. The maximum Gasteiger partial charge on any atom is 0.240 e. The fraction of sp³-hybridized carbons (Fsp3) is 0.500. The molecule has 0 aliphatic heterocycles. The molecule has 0 fully saturated rings. The molecule has 5 N–H and O–H groups in total. The van der Waals surface area contributed by atoms with Crippen LogP contribution in [-0.2, 0) is 10.0 Å². The molecule has 0 heterocycles. The highest BCUT2D eigenvalue weighted by molar-refractivity contribution is 7.89. The van der Waals surface area contributed by atoms with Crippen molar-refractivity contribution in [2.24, 2.45) is 17.0 Å². The Balaban J connectivity index is 2.92. The average molecular weight is 271 g/mol. The van der Waals surface area contributed by atoms with E-state index in [2.05, 4.69) is 26.1 Å². The van der Waals surface area contributed by atoms with Gasteiger partial charge in [0.05, 0.1) is 11.4 Å². The van der Waals surface area contributed by atoms with Crippen molar-refractivity contribution in [2.75, 3.05) is 17.6 Å². The molecule has 1 unspecified atom stereocenters. The summed E-state index contributed by atoms with van der Waals surface area (Å²) in [5, 5.41) is 8.26. The van der Waals surface area contributed by atoms with Crippen molar-refractivity contribution in [3.05, 3.63) is 18.2 Å². The molecule has 0 spiro atoms. The third-order valence-corrected chi connectivity index (χ3v) is 4.09. The van der Waals surface area contributed by atoms with Crippen LogP contribution in [0.5, 0.6) is 0 Å². The second kappa shape index (κ2) is 5.58. The van der Waals surface area contributed by atoms with Gasteiger partial charge in [-0.05, 0) is 24.0 Å². The predicted molar refractivity (Wildman–Crippen MR) is 74.7 cm³/mol. The smallest absolute Gasteiger partial charge is 0.240 e. The SMILES string of the molecule is CC(C)C(C)CNc1cccc(S(N)(=O)=O)c1N. The van der Waals surface area contributed by atoms with Gasteiger partial charge in [0.25, 0.3) is 0 Å². The van der Waals surface area contributed by atoms with Crippen molar-refractivity contribution in [3.63, 3.8) is 0 Å². The zero-order valence-electron chi connectivity index (χ0n) is 11.0. The van der Waals surface area contributed by atoms with Gasteiger partial charge in [-0.3, -0.25) is 0 Å². The van der Waals surface area contributed by atoms with Crippen LogP contribution in [0.3, 0.4) is 0 Å². The Labute approximate surface area is 109 Å². The quantitative estimate of drug-likeness (QED) is 0.709. The van der Waals surface area contributed by atoms with Gasteiger partial charge >= 0.3 is 0 Å². The summed E-state index contributed by atoms with van der Waals surface area (Å²) in [5.41, 5.74) is 6.59. The second-order valence-corrected chi connectivity index (χ2v) is 6.39. The van der Waals surface area contributed by atoms with E-state index in [9.17, 15) is 8.42 Å². The van der Waals surface area contributed by atoms with Gasteiger partial charge in [0.1, 0.15) is 4.90 Å². The fourth-order valence-electron chi connectivity index (χ4n) is 1.45. The first kappa shape index (κ1) is 14.8. The molecule has 102 valence electrons. The number of hydrogen-bond acceptors (Lipinski definition) is 4. The lowest BCUT2D eigenvalue weighted by Gasteiger charge is -2.18. The van der Waals surface area contributed by atoms with E-state index in [-0.39, 0.29) is 10.6 Å². The third kappa shape index (κ3) is 3.61. The lowest BCUT2D eigenvalue weighted by atomic mass is 9.98. The van der Waals surface area contributed by atoms with Crippen LogP contribution in [0.15, 0.2) is 23.1 Å². The summed E-state index contributed by atoms with van der Waals surface area (Å²) in [6.07, 6.45) is 0. The average Bonchev–Trinajstić information content (AvgIpc) is 2.25. The molecule has 0 saturated heterocycles. The number of nitrogens with one attached hydrogen (secondary N) is 1. The van der Waals surface area contributed by atoms with Crippen LogP contribution in [0.1, 0.15) is 20.8 Å². The Hall–Kier alpha value is -1.27. The van der Waals surface area contributed by atoms with Crippen LogP contribution in [0, 0.1) is 11.8 Å². The topological polar surface area (TPSA) is 98.2 Å².